The Labute approximate surface area is 109 Å². The van der Waals surface area contributed by atoms with Crippen molar-refractivity contribution < 1.29 is 0 Å². The minimum Gasteiger partial charge on any atom is -0.381 e. The van der Waals surface area contributed by atoms with Crippen LogP contribution in [-0.4, -0.2) is 19.7 Å². The van der Waals surface area contributed by atoms with Crippen molar-refractivity contribution in [1.29, 1.82) is 0 Å². The van der Waals surface area contributed by atoms with Crippen molar-refractivity contribution in [3.8, 4) is 0 Å². The molecule has 0 amide bonds. The molecule has 6 nitrogen and oxygen atoms in total. The second kappa shape index (κ2) is 4.31. The third-order valence-electron chi connectivity index (χ3n) is 3.34. The molecule has 0 atom stereocenters. The van der Waals surface area contributed by atoms with Gasteiger partial charge in [-0.3, -0.25) is 4.68 Å². The molecule has 0 saturated carbocycles. The summed E-state index contributed by atoms with van der Waals surface area (Å²) in [4.78, 5) is 16.6. The molecular formula is C13H15N5O. The molecule has 0 aliphatic carbocycles. The van der Waals surface area contributed by atoms with E-state index in [2.05, 4.69) is 20.4 Å². The maximum Gasteiger partial charge on any atom is 0.323 e. The Morgan fingerprint density at radius 1 is 1.32 bits per heavy atom. The Kier molecular flexibility index (Phi) is 2.63. The van der Waals surface area contributed by atoms with Crippen LogP contribution in [0.3, 0.4) is 0 Å². The molecule has 19 heavy (non-hydrogen) atoms. The molecule has 0 unspecified atom stereocenters. The maximum absolute atomic E-state index is 11.2. The van der Waals surface area contributed by atoms with E-state index in [1.54, 1.807) is 0 Å². The van der Waals surface area contributed by atoms with Crippen molar-refractivity contribution in [1.82, 2.24) is 19.7 Å². The summed E-state index contributed by atoms with van der Waals surface area (Å²) in [5, 5.41) is 7.53. The third kappa shape index (κ3) is 2.12. The minimum atomic E-state index is -0.185. The van der Waals surface area contributed by atoms with E-state index >= 15 is 0 Å². The quantitative estimate of drug-likeness (QED) is 0.665. The average Bonchev–Trinajstić information content (AvgIpc) is 2.90. The summed E-state index contributed by atoms with van der Waals surface area (Å²) in [6, 6.07) is 5.74. The Morgan fingerprint density at radius 2 is 2.11 bits per heavy atom. The lowest BCUT2D eigenvalue weighted by Gasteiger charge is -2.06. The third-order valence-corrected chi connectivity index (χ3v) is 3.34. The SMILES string of the molecule is Cc1c(CNc2ccc3[nH]c(=O)[nH]c3c2)cnn1C. The number of fused-ring (bicyclic) bond motifs is 1. The van der Waals surface area contributed by atoms with Crippen LogP contribution in [0.5, 0.6) is 0 Å². The molecule has 0 aliphatic rings. The average molecular weight is 257 g/mol. The van der Waals surface area contributed by atoms with Crippen LogP contribution in [0.25, 0.3) is 11.0 Å². The van der Waals surface area contributed by atoms with Crippen LogP contribution < -0.4 is 11.0 Å². The lowest BCUT2D eigenvalue weighted by atomic mass is 10.2. The standard InChI is InChI=1S/C13H15N5O/c1-8-9(7-15-18(8)2)6-14-10-3-4-11-12(5-10)17-13(19)16-11/h3-5,7,14H,6H2,1-2H3,(H2,16,17,19). The molecule has 2 heterocycles. The predicted octanol–water partition coefficient (Wildman–Crippen LogP) is 1.51. The summed E-state index contributed by atoms with van der Waals surface area (Å²) in [6.07, 6.45) is 1.86. The van der Waals surface area contributed by atoms with Gasteiger partial charge in [0.25, 0.3) is 0 Å². The first-order valence-electron chi connectivity index (χ1n) is 6.07. The van der Waals surface area contributed by atoms with Gasteiger partial charge in [-0.2, -0.15) is 5.10 Å². The van der Waals surface area contributed by atoms with Gasteiger partial charge in [0.15, 0.2) is 0 Å². The second-order valence-corrected chi connectivity index (χ2v) is 4.57. The van der Waals surface area contributed by atoms with Gasteiger partial charge in [0.1, 0.15) is 0 Å². The van der Waals surface area contributed by atoms with Gasteiger partial charge in [0.2, 0.25) is 0 Å². The van der Waals surface area contributed by atoms with Crippen LogP contribution in [0.15, 0.2) is 29.2 Å². The zero-order chi connectivity index (χ0) is 13.4. The van der Waals surface area contributed by atoms with Crippen LogP contribution in [0.4, 0.5) is 5.69 Å². The summed E-state index contributed by atoms with van der Waals surface area (Å²) in [6.45, 7) is 2.75. The van der Waals surface area contributed by atoms with Crippen LogP contribution in [0, 0.1) is 6.92 Å². The molecular weight excluding hydrogens is 242 g/mol. The fourth-order valence-corrected chi connectivity index (χ4v) is 2.06. The predicted molar refractivity (Wildman–Crippen MR) is 74.2 cm³/mol. The van der Waals surface area contributed by atoms with Crippen LogP contribution in [0.1, 0.15) is 11.3 Å². The summed E-state index contributed by atoms with van der Waals surface area (Å²) in [7, 11) is 1.93. The van der Waals surface area contributed by atoms with E-state index in [4.69, 9.17) is 0 Å². The fraction of sp³-hybridized carbons (Fsp3) is 0.231. The maximum atomic E-state index is 11.2. The first kappa shape index (κ1) is 11.6. The molecule has 3 rings (SSSR count). The second-order valence-electron chi connectivity index (χ2n) is 4.57. The normalized spacial score (nSPS) is 11.1. The molecule has 0 fully saturated rings. The van der Waals surface area contributed by atoms with Crippen LogP contribution in [-0.2, 0) is 13.6 Å². The molecule has 0 spiro atoms. The molecule has 3 N–H and O–H groups in total. The number of aryl methyl sites for hydroxylation is 1. The number of aromatic amines is 2. The largest absolute Gasteiger partial charge is 0.381 e. The number of imidazole rings is 1. The molecule has 1 aromatic carbocycles. The van der Waals surface area contributed by atoms with Crippen molar-refractivity contribution in [2.24, 2.45) is 7.05 Å². The highest BCUT2D eigenvalue weighted by atomic mass is 16.1. The molecule has 0 bridgehead atoms. The highest BCUT2D eigenvalue weighted by Gasteiger charge is 2.04. The number of hydrogen-bond donors (Lipinski definition) is 3. The van der Waals surface area contributed by atoms with Gasteiger partial charge in [-0.25, -0.2) is 4.79 Å². The number of nitrogens with zero attached hydrogens (tertiary/aromatic N) is 2. The number of aromatic nitrogens is 4. The van der Waals surface area contributed by atoms with Crippen molar-refractivity contribution in [2.45, 2.75) is 13.5 Å². The minimum absolute atomic E-state index is 0.185. The lowest BCUT2D eigenvalue weighted by Crippen LogP contribution is -2.01. The fourth-order valence-electron chi connectivity index (χ4n) is 2.06. The Balaban J connectivity index is 1.81. The Bertz CT molecular complexity index is 780. The molecule has 0 aliphatic heterocycles. The van der Waals surface area contributed by atoms with E-state index in [0.717, 1.165) is 28.0 Å². The van der Waals surface area contributed by atoms with E-state index < -0.39 is 0 Å². The van der Waals surface area contributed by atoms with E-state index in [0.29, 0.717) is 6.54 Å². The Morgan fingerprint density at radius 3 is 2.84 bits per heavy atom. The molecule has 98 valence electrons. The summed E-state index contributed by atoms with van der Waals surface area (Å²) in [5.41, 5.74) is 4.70. The number of nitrogens with one attached hydrogen (secondary N) is 3. The number of benzene rings is 1. The molecule has 2 aromatic heterocycles. The van der Waals surface area contributed by atoms with Gasteiger partial charge in [-0.15, -0.1) is 0 Å². The van der Waals surface area contributed by atoms with Crippen molar-refractivity contribution in [2.75, 3.05) is 5.32 Å². The number of hydrogen-bond acceptors (Lipinski definition) is 3. The lowest BCUT2D eigenvalue weighted by molar-refractivity contribution is 0.738. The van der Waals surface area contributed by atoms with Gasteiger partial charge in [-0.05, 0) is 25.1 Å². The zero-order valence-electron chi connectivity index (χ0n) is 10.8. The van der Waals surface area contributed by atoms with E-state index in [-0.39, 0.29) is 5.69 Å². The van der Waals surface area contributed by atoms with Gasteiger partial charge in [0, 0.05) is 30.5 Å². The van der Waals surface area contributed by atoms with Crippen LogP contribution >= 0.6 is 0 Å². The highest BCUT2D eigenvalue weighted by Crippen LogP contribution is 2.16. The van der Waals surface area contributed by atoms with Crippen molar-refractivity contribution in [3.63, 3.8) is 0 Å². The smallest absolute Gasteiger partial charge is 0.323 e. The van der Waals surface area contributed by atoms with E-state index in [1.807, 2.05) is 43.0 Å². The summed E-state index contributed by atoms with van der Waals surface area (Å²) >= 11 is 0. The Hall–Kier alpha value is -2.50. The number of rotatable bonds is 3. The number of H-pyrrole nitrogens is 2. The molecule has 0 saturated heterocycles. The summed E-state index contributed by atoms with van der Waals surface area (Å²) < 4.78 is 1.85. The van der Waals surface area contributed by atoms with Crippen molar-refractivity contribution in [3.05, 3.63) is 46.1 Å². The van der Waals surface area contributed by atoms with Gasteiger partial charge in [0.05, 0.1) is 17.2 Å². The monoisotopic (exact) mass is 257 g/mol. The van der Waals surface area contributed by atoms with Gasteiger partial charge < -0.3 is 15.3 Å². The molecule has 3 aromatic rings. The first-order chi connectivity index (χ1) is 9.13. The van der Waals surface area contributed by atoms with E-state index in [1.165, 1.54) is 0 Å². The summed E-state index contributed by atoms with van der Waals surface area (Å²) in [5.74, 6) is 0. The first-order valence-corrected chi connectivity index (χ1v) is 6.07. The van der Waals surface area contributed by atoms with Crippen molar-refractivity contribution >= 4 is 16.7 Å². The van der Waals surface area contributed by atoms with Gasteiger partial charge in [-0.1, -0.05) is 0 Å². The van der Waals surface area contributed by atoms with E-state index in [9.17, 15) is 4.79 Å². The molecule has 0 radical (unpaired) electrons. The highest BCUT2D eigenvalue weighted by molar-refractivity contribution is 5.78. The van der Waals surface area contributed by atoms with Crippen LogP contribution in [0.2, 0.25) is 0 Å². The van der Waals surface area contributed by atoms with Gasteiger partial charge >= 0.3 is 5.69 Å². The molecule has 6 heteroatoms. The number of anilines is 1. The topological polar surface area (TPSA) is 78.5 Å². The zero-order valence-corrected chi connectivity index (χ0v) is 10.8.